The maximum atomic E-state index is 14.2. The van der Waals surface area contributed by atoms with Crippen LogP contribution in [-0.2, 0) is 0 Å². The fourth-order valence-corrected chi connectivity index (χ4v) is 4.53. The molecule has 2 aromatic rings. The van der Waals surface area contributed by atoms with Gasteiger partial charge in [-0.05, 0) is 73.9 Å². The molecule has 0 saturated carbocycles. The lowest BCUT2D eigenvalue weighted by Gasteiger charge is -2.23. The van der Waals surface area contributed by atoms with Crippen molar-refractivity contribution in [1.29, 1.82) is 0 Å². The van der Waals surface area contributed by atoms with E-state index in [2.05, 4.69) is 65.1 Å². The minimum Gasteiger partial charge on any atom is -0.357 e. The van der Waals surface area contributed by atoms with Crippen molar-refractivity contribution in [3.8, 4) is 0 Å². The third-order valence-electron chi connectivity index (χ3n) is 6.28. The first kappa shape index (κ1) is 23.1. The maximum absolute atomic E-state index is 14.2. The molecule has 2 aromatic carbocycles. The number of halogens is 2. The van der Waals surface area contributed by atoms with E-state index in [-0.39, 0.29) is 11.6 Å². The zero-order chi connectivity index (χ0) is 23.2. The highest BCUT2D eigenvalue weighted by molar-refractivity contribution is 6.02. The van der Waals surface area contributed by atoms with Crippen LogP contribution in [0.15, 0.2) is 70.4 Å². The lowest BCUT2D eigenvalue weighted by atomic mass is 9.96. The number of nitrogens with zero attached hydrogens (tertiary/aromatic N) is 3. The van der Waals surface area contributed by atoms with Crippen LogP contribution in [0.4, 0.5) is 8.78 Å². The Balaban J connectivity index is 1.53. The highest BCUT2D eigenvalue weighted by Crippen LogP contribution is 2.33. The summed E-state index contributed by atoms with van der Waals surface area (Å²) >= 11 is 0. The minimum atomic E-state index is -0.544. The Morgan fingerprint density at radius 2 is 1.73 bits per heavy atom. The second kappa shape index (κ2) is 10.7. The molecule has 4 rings (SSSR count). The minimum absolute atomic E-state index is 0.0183. The third-order valence-corrected chi connectivity index (χ3v) is 6.28. The van der Waals surface area contributed by atoms with Gasteiger partial charge in [-0.2, -0.15) is 0 Å². The molecule has 33 heavy (non-hydrogen) atoms. The van der Waals surface area contributed by atoms with Gasteiger partial charge in [-0.3, -0.25) is 4.99 Å². The Hall–Kier alpha value is -3.08. The molecule has 2 aliphatic heterocycles. The smallest absolute Gasteiger partial charge is 0.135 e. The standard InChI is InChI=1S/C28H31F2N3/c1-3-19-33(4-2)27-17-14-20(7-6-18-31-27)21-10-12-22(13-11-21)25-15-16-26(32-25)28-23(29)8-5-9-24(28)30/h5,8-14,17-18,25H,3-4,6-7,15-16,19H2,1-2H3/b20-14+,27-17+,31-18-. The number of allylic oxidation sites excluding steroid dienone is 3. The molecule has 2 heterocycles. The summed E-state index contributed by atoms with van der Waals surface area (Å²) in [4.78, 5) is 11.6. The molecule has 0 N–H and O–H groups in total. The van der Waals surface area contributed by atoms with Crippen LogP contribution in [-0.4, -0.2) is 29.9 Å². The fraction of sp³-hybridized carbons (Fsp3) is 0.357. The van der Waals surface area contributed by atoms with Crippen LogP contribution in [0.2, 0.25) is 0 Å². The van der Waals surface area contributed by atoms with E-state index in [0.29, 0.717) is 12.1 Å². The van der Waals surface area contributed by atoms with E-state index < -0.39 is 11.6 Å². The van der Waals surface area contributed by atoms with Crippen LogP contribution in [0.25, 0.3) is 5.57 Å². The van der Waals surface area contributed by atoms with E-state index in [9.17, 15) is 8.78 Å². The Morgan fingerprint density at radius 3 is 2.42 bits per heavy atom. The predicted octanol–water partition coefficient (Wildman–Crippen LogP) is 7.11. The summed E-state index contributed by atoms with van der Waals surface area (Å²) in [7, 11) is 0. The van der Waals surface area contributed by atoms with Crippen molar-refractivity contribution in [2.24, 2.45) is 9.98 Å². The molecule has 172 valence electrons. The van der Waals surface area contributed by atoms with E-state index in [1.54, 1.807) is 0 Å². The lowest BCUT2D eigenvalue weighted by Crippen LogP contribution is -2.22. The van der Waals surface area contributed by atoms with Gasteiger partial charge in [0, 0.05) is 25.0 Å². The SMILES string of the molecule is CCCN(CC)C1=C/C=C(/c2ccc(C3CCC(c4c(F)cccc4F)=N3)cc2)CC/C=N\1. The van der Waals surface area contributed by atoms with Gasteiger partial charge in [0.15, 0.2) is 0 Å². The molecule has 0 fully saturated rings. The van der Waals surface area contributed by atoms with Gasteiger partial charge >= 0.3 is 0 Å². The second-order valence-corrected chi connectivity index (χ2v) is 8.50. The van der Waals surface area contributed by atoms with Gasteiger partial charge in [0.05, 0.1) is 11.6 Å². The molecule has 0 radical (unpaired) electrons. The summed E-state index contributed by atoms with van der Waals surface area (Å²) in [5, 5.41) is 0. The molecule has 1 unspecified atom stereocenters. The summed E-state index contributed by atoms with van der Waals surface area (Å²) in [6.07, 6.45) is 10.6. The molecule has 1 atom stereocenters. The van der Waals surface area contributed by atoms with Gasteiger partial charge in [0.25, 0.3) is 0 Å². The van der Waals surface area contributed by atoms with Crippen molar-refractivity contribution in [2.45, 2.75) is 52.0 Å². The van der Waals surface area contributed by atoms with E-state index in [0.717, 1.165) is 50.2 Å². The van der Waals surface area contributed by atoms with E-state index in [1.807, 2.05) is 6.21 Å². The average Bonchev–Trinajstić information content (AvgIpc) is 3.28. The highest BCUT2D eigenvalue weighted by atomic mass is 19.1. The average molecular weight is 448 g/mol. The van der Waals surface area contributed by atoms with Crippen molar-refractivity contribution in [1.82, 2.24) is 4.90 Å². The topological polar surface area (TPSA) is 28.0 Å². The maximum Gasteiger partial charge on any atom is 0.135 e. The van der Waals surface area contributed by atoms with Gasteiger partial charge < -0.3 is 4.90 Å². The molecular weight excluding hydrogens is 416 g/mol. The summed E-state index contributed by atoms with van der Waals surface area (Å²) in [6, 6.07) is 12.4. The normalized spacial score (nSPS) is 22.4. The van der Waals surface area contributed by atoms with Crippen LogP contribution in [0.1, 0.15) is 68.7 Å². The molecule has 0 spiro atoms. The summed E-state index contributed by atoms with van der Waals surface area (Å²) in [5.74, 6) is -0.0728. The predicted molar refractivity (Wildman–Crippen MR) is 133 cm³/mol. The number of aliphatic imine (C=N–C) groups is 2. The molecule has 3 nitrogen and oxygen atoms in total. The monoisotopic (exact) mass is 447 g/mol. The zero-order valence-electron chi connectivity index (χ0n) is 19.4. The van der Waals surface area contributed by atoms with E-state index >= 15 is 0 Å². The number of benzene rings is 2. The van der Waals surface area contributed by atoms with Gasteiger partial charge in [0.2, 0.25) is 0 Å². The van der Waals surface area contributed by atoms with Crippen molar-refractivity contribution in [3.63, 3.8) is 0 Å². The molecule has 0 aromatic heterocycles. The Kier molecular flexibility index (Phi) is 7.48. The summed E-state index contributed by atoms with van der Waals surface area (Å²) < 4.78 is 28.3. The molecule has 0 aliphatic carbocycles. The summed E-state index contributed by atoms with van der Waals surface area (Å²) in [6.45, 7) is 6.28. The van der Waals surface area contributed by atoms with Crippen molar-refractivity contribution < 1.29 is 8.78 Å². The number of rotatable bonds is 7. The van der Waals surface area contributed by atoms with Crippen molar-refractivity contribution >= 4 is 17.5 Å². The first-order valence-electron chi connectivity index (χ1n) is 11.9. The lowest BCUT2D eigenvalue weighted by molar-refractivity contribution is 0.359. The molecule has 0 bridgehead atoms. The van der Waals surface area contributed by atoms with Gasteiger partial charge in [-0.15, -0.1) is 0 Å². The molecule has 2 aliphatic rings. The number of hydrogen-bond donors (Lipinski definition) is 0. The molecular formula is C28H31F2N3. The second-order valence-electron chi connectivity index (χ2n) is 8.50. The Bertz CT molecular complexity index is 1080. The van der Waals surface area contributed by atoms with E-state index in [4.69, 9.17) is 0 Å². The first-order chi connectivity index (χ1) is 16.1. The quantitative estimate of drug-likeness (QED) is 0.444. The zero-order valence-corrected chi connectivity index (χ0v) is 19.4. The first-order valence-corrected chi connectivity index (χ1v) is 11.9. The van der Waals surface area contributed by atoms with E-state index in [1.165, 1.54) is 29.3 Å². The van der Waals surface area contributed by atoms with Crippen molar-refractivity contribution in [2.75, 3.05) is 13.1 Å². The van der Waals surface area contributed by atoms with Crippen LogP contribution >= 0.6 is 0 Å². The number of hydrogen-bond acceptors (Lipinski definition) is 3. The van der Waals surface area contributed by atoms with Crippen LogP contribution in [0.3, 0.4) is 0 Å². The molecule has 0 saturated heterocycles. The van der Waals surface area contributed by atoms with Gasteiger partial charge in [0.1, 0.15) is 17.5 Å². The van der Waals surface area contributed by atoms with Gasteiger partial charge in [-0.1, -0.05) is 43.3 Å². The Morgan fingerprint density at radius 1 is 0.970 bits per heavy atom. The Labute approximate surface area is 195 Å². The molecule has 5 heteroatoms. The van der Waals surface area contributed by atoms with Crippen molar-refractivity contribution in [3.05, 3.63) is 88.8 Å². The fourth-order valence-electron chi connectivity index (χ4n) is 4.53. The summed E-state index contributed by atoms with van der Waals surface area (Å²) in [5.41, 5.74) is 4.08. The largest absolute Gasteiger partial charge is 0.357 e. The van der Waals surface area contributed by atoms with Crippen LogP contribution in [0, 0.1) is 11.6 Å². The highest BCUT2D eigenvalue weighted by Gasteiger charge is 2.24. The van der Waals surface area contributed by atoms with Crippen LogP contribution < -0.4 is 0 Å². The molecule has 0 amide bonds. The third kappa shape index (κ3) is 5.29. The van der Waals surface area contributed by atoms with Crippen LogP contribution in [0.5, 0.6) is 0 Å². The van der Waals surface area contributed by atoms with Gasteiger partial charge in [-0.25, -0.2) is 13.8 Å².